The molecule has 3 heterocycles. The molecule has 0 saturated carbocycles. The molecule has 4 aromatic rings. The SMILES string of the molecule is O=C1C(=O)N(c2ccc3c(c2)OCO3)C(c2cccnc2)/C1=C(/O)c1cccc2ccccc12. The van der Waals surface area contributed by atoms with Crippen molar-refractivity contribution in [1.82, 2.24) is 4.98 Å². The van der Waals surface area contributed by atoms with E-state index in [1.54, 1.807) is 48.8 Å². The summed E-state index contributed by atoms with van der Waals surface area (Å²) in [6.45, 7) is 0.0880. The maximum atomic E-state index is 13.4. The van der Waals surface area contributed by atoms with Crippen LogP contribution in [0.5, 0.6) is 11.5 Å². The van der Waals surface area contributed by atoms with E-state index in [0.29, 0.717) is 28.3 Å². The third kappa shape index (κ3) is 3.02. The van der Waals surface area contributed by atoms with Crippen LogP contribution >= 0.6 is 0 Å². The number of aliphatic hydroxyl groups excluding tert-OH is 1. The normalized spacial score (nSPS) is 18.6. The molecule has 1 atom stereocenters. The average molecular weight is 450 g/mol. The van der Waals surface area contributed by atoms with Crippen molar-refractivity contribution in [2.45, 2.75) is 6.04 Å². The number of aliphatic hydroxyl groups is 1. The van der Waals surface area contributed by atoms with Gasteiger partial charge < -0.3 is 14.6 Å². The maximum Gasteiger partial charge on any atom is 0.300 e. The lowest BCUT2D eigenvalue weighted by Gasteiger charge is -2.25. The van der Waals surface area contributed by atoms with E-state index in [9.17, 15) is 14.7 Å². The monoisotopic (exact) mass is 450 g/mol. The summed E-state index contributed by atoms with van der Waals surface area (Å²) in [5.74, 6) is -0.689. The van der Waals surface area contributed by atoms with Crippen LogP contribution < -0.4 is 14.4 Å². The molecule has 1 saturated heterocycles. The molecular weight excluding hydrogens is 432 g/mol. The smallest absolute Gasteiger partial charge is 0.300 e. The van der Waals surface area contributed by atoms with Crippen LogP contribution in [0.15, 0.2) is 90.8 Å². The lowest BCUT2D eigenvalue weighted by molar-refractivity contribution is -0.132. The van der Waals surface area contributed by atoms with E-state index in [2.05, 4.69) is 4.98 Å². The number of hydrogen-bond donors (Lipinski definition) is 1. The minimum Gasteiger partial charge on any atom is -0.507 e. The fourth-order valence-corrected chi connectivity index (χ4v) is 4.56. The minimum atomic E-state index is -0.868. The topological polar surface area (TPSA) is 89.0 Å². The molecule has 1 amide bonds. The fourth-order valence-electron chi connectivity index (χ4n) is 4.56. The van der Waals surface area contributed by atoms with E-state index in [4.69, 9.17) is 9.47 Å². The van der Waals surface area contributed by atoms with Gasteiger partial charge in [0.2, 0.25) is 6.79 Å². The van der Waals surface area contributed by atoms with Crippen LogP contribution in [0.25, 0.3) is 16.5 Å². The van der Waals surface area contributed by atoms with E-state index in [-0.39, 0.29) is 18.1 Å². The number of anilines is 1. The Bertz CT molecular complexity index is 1490. The van der Waals surface area contributed by atoms with Crippen molar-refractivity contribution in [3.63, 3.8) is 0 Å². The van der Waals surface area contributed by atoms with Gasteiger partial charge in [-0.1, -0.05) is 48.5 Å². The molecule has 2 aliphatic heterocycles. The predicted octanol–water partition coefficient (Wildman–Crippen LogP) is 4.59. The van der Waals surface area contributed by atoms with Gasteiger partial charge in [0.05, 0.1) is 11.6 Å². The van der Waals surface area contributed by atoms with Crippen molar-refractivity contribution in [2.75, 3.05) is 11.7 Å². The first-order valence-corrected chi connectivity index (χ1v) is 10.7. The molecule has 166 valence electrons. The fraction of sp³-hybridized carbons (Fsp3) is 0.0741. The molecule has 0 bridgehead atoms. The molecule has 0 radical (unpaired) electrons. The molecule has 1 aromatic heterocycles. The number of Topliss-reactive ketones (excluding diaryl/α,β-unsaturated/α-hetero) is 1. The first-order valence-electron chi connectivity index (χ1n) is 10.7. The standard InChI is InChI=1S/C27H18N2O5/c30-25(20-9-3-6-16-5-1-2-8-19(16)20)23-24(17-7-4-12-28-14-17)29(27(32)26(23)31)18-10-11-21-22(13-18)34-15-33-21/h1-14,24,30H,15H2/b25-23-. The number of fused-ring (bicyclic) bond motifs is 2. The predicted molar refractivity (Wildman–Crippen MR) is 126 cm³/mol. The number of nitrogens with zero attached hydrogens (tertiary/aromatic N) is 2. The van der Waals surface area contributed by atoms with E-state index >= 15 is 0 Å². The number of aromatic nitrogens is 1. The van der Waals surface area contributed by atoms with Gasteiger partial charge in [-0.15, -0.1) is 0 Å². The van der Waals surface area contributed by atoms with Crippen LogP contribution in [0.4, 0.5) is 5.69 Å². The van der Waals surface area contributed by atoms with Gasteiger partial charge >= 0.3 is 0 Å². The zero-order valence-corrected chi connectivity index (χ0v) is 17.8. The first-order chi connectivity index (χ1) is 16.6. The molecule has 7 heteroatoms. The molecule has 7 nitrogen and oxygen atoms in total. The van der Waals surface area contributed by atoms with E-state index in [1.165, 1.54) is 4.90 Å². The quantitative estimate of drug-likeness (QED) is 0.279. The highest BCUT2D eigenvalue weighted by Crippen LogP contribution is 2.45. The second kappa shape index (κ2) is 7.74. The number of rotatable bonds is 3. The number of pyridine rings is 1. The number of carbonyl (C=O) groups is 2. The van der Waals surface area contributed by atoms with Crippen LogP contribution in [-0.4, -0.2) is 28.6 Å². The van der Waals surface area contributed by atoms with E-state index < -0.39 is 17.7 Å². The second-order valence-corrected chi connectivity index (χ2v) is 8.02. The van der Waals surface area contributed by atoms with Crippen LogP contribution in [-0.2, 0) is 9.59 Å². The van der Waals surface area contributed by atoms with Crippen molar-refractivity contribution in [3.05, 3.63) is 102 Å². The molecular formula is C27H18N2O5. The number of ether oxygens (including phenoxy) is 2. The summed E-state index contributed by atoms with van der Waals surface area (Å²) < 4.78 is 10.9. The summed E-state index contributed by atoms with van der Waals surface area (Å²) in [6.07, 6.45) is 3.20. The van der Waals surface area contributed by atoms with Crippen LogP contribution in [0.1, 0.15) is 17.2 Å². The summed E-state index contributed by atoms with van der Waals surface area (Å²) >= 11 is 0. The highest BCUT2D eigenvalue weighted by molar-refractivity contribution is 6.51. The van der Waals surface area contributed by atoms with Crippen molar-refractivity contribution >= 4 is 33.9 Å². The Hall–Kier alpha value is -4.65. The van der Waals surface area contributed by atoms with Gasteiger partial charge in [-0.2, -0.15) is 0 Å². The molecule has 1 unspecified atom stereocenters. The number of carbonyl (C=O) groups excluding carboxylic acids is 2. The van der Waals surface area contributed by atoms with Gasteiger partial charge in [0.25, 0.3) is 11.7 Å². The number of ketones is 1. The summed E-state index contributed by atoms with van der Waals surface area (Å²) in [4.78, 5) is 32.3. The average Bonchev–Trinajstić information content (AvgIpc) is 3.45. The maximum absolute atomic E-state index is 13.4. The Kier molecular flexibility index (Phi) is 4.55. The second-order valence-electron chi connectivity index (χ2n) is 8.02. The molecule has 2 aliphatic rings. The Morgan fingerprint density at radius 1 is 0.941 bits per heavy atom. The largest absolute Gasteiger partial charge is 0.507 e. The molecule has 1 fully saturated rings. The zero-order chi connectivity index (χ0) is 23.2. The zero-order valence-electron chi connectivity index (χ0n) is 17.8. The van der Waals surface area contributed by atoms with E-state index in [1.807, 2.05) is 36.4 Å². The van der Waals surface area contributed by atoms with Crippen molar-refractivity contribution in [3.8, 4) is 11.5 Å². The van der Waals surface area contributed by atoms with Gasteiger partial charge in [-0.25, -0.2) is 0 Å². The van der Waals surface area contributed by atoms with Crippen molar-refractivity contribution in [1.29, 1.82) is 0 Å². The first kappa shape index (κ1) is 20.0. The van der Waals surface area contributed by atoms with Gasteiger partial charge in [0.15, 0.2) is 11.5 Å². The Morgan fingerprint density at radius 3 is 2.62 bits per heavy atom. The third-order valence-electron chi connectivity index (χ3n) is 6.12. The van der Waals surface area contributed by atoms with Crippen molar-refractivity contribution < 1.29 is 24.2 Å². The Morgan fingerprint density at radius 2 is 1.76 bits per heavy atom. The number of benzene rings is 3. The lowest BCUT2D eigenvalue weighted by Crippen LogP contribution is -2.29. The van der Waals surface area contributed by atoms with Crippen LogP contribution in [0.2, 0.25) is 0 Å². The molecule has 0 aliphatic carbocycles. The summed E-state index contributed by atoms with van der Waals surface area (Å²) in [5, 5.41) is 13.2. The summed E-state index contributed by atoms with van der Waals surface area (Å²) in [5.41, 5.74) is 1.54. The third-order valence-corrected chi connectivity index (χ3v) is 6.12. The highest BCUT2D eigenvalue weighted by atomic mass is 16.7. The Balaban J connectivity index is 1.58. The molecule has 34 heavy (non-hydrogen) atoms. The van der Waals surface area contributed by atoms with Crippen LogP contribution in [0.3, 0.4) is 0 Å². The molecule has 3 aromatic carbocycles. The number of amides is 1. The Labute approximate surface area is 194 Å². The molecule has 0 spiro atoms. The van der Waals surface area contributed by atoms with Crippen LogP contribution in [0, 0.1) is 0 Å². The summed E-state index contributed by atoms with van der Waals surface area (Å²) in [7, 11) is 0. The summed E-state index contributed by atoms with van der Waals surface area (Å²) in [6, 6.07) is 20.7. The highest BCUT2D eigenvalue weighted by Gasteiger charge is 2.47. The molecule has 1 N–H and O–H groups in total. The van der Waals surface area contributed by atoms with E-state index in [0.717, 1.165) is 10.8 Å². The van der Waals surface area contributed by atoms with Gasteiger partial charge in [-0.05, 0) is 34.5 Å². The lowest BCUT2D eigenvalue weighted by atomic mass is 9.94. The van der Waals surface area contributed by atoms with Gasteiger partial charge in [0.1, 0.15) is 5.76 Å². The molecule has 6 rings (SSSR count). The minimum absolute atomic E-state index is 0.00650. The van der Waals surface area contributed by atoms with Gasteiger partial charge in [-0.3, -0.25) is 19.5 Å². The van der Waals surface area contributed by atoms with Crippen molar-refractivity contribution in [2.24, 2.45) is 0 Å². The van der Waals surface area contributed by atoms with Gasteiger partial charge in [0, 0.05) is 29.7 Å². The number of hydrogen-bond acceptors (Lipinski definition) is 6.